The molecule has 2 aromatic rings. The molecule has 1 heterocycles. The predicted molar refractivity (Wildman–Crippen MR) is 77.4 cm³/mol. The van der Waals surface area contributed by atoms with Gasteiger partial charge in [-0.3, -0.25) is 4.79 Å². The fraction of sp³-hybridized carbons (Fsp3) is 0.308. The van der Waals surface area contributed by atoms with Gasteiger partial charge in [0, 0.05) is 11.1 Å². The maximum Gasteiger partial charge on any atom is 0.269 e. The molecule has 0 aliphatic rings. The molecule has 0 saturated heterocycles. The Hall–Kier alpha value is -2.02. The number of nitrogen functional groups attached to an aromatic ring is 1. The van der Waals surface area contributed by atoms with Crippen LogP contribution in [0, 0.1) is 5.82 Å². The van der Waals surface area contributed by atoms with Crippen LogP contribution in [0.25, 0.3) is 0 Å². The quantitative estimate of drug-likeness (QED) is 0.835. The van der Waals surface area contributed by atoms with Crippen molar-refractivity contribution in [3.05, 3.63) is 34.6 Å². The summed E-state index contributed by atoms with van der Waals surface area (Å²) in [7, 11) is 0. The van der Waals surface area contributed by atoms with Crippen LogP contribution in [-0.4, -0.2) is 15.5 Å². The van der Waals surface area contributed by atoms with E-state index in [4.69, 9.17) is 5.73 Å². The molecular weight excluding hydrogens is 279 g/mol. The smallest absolute Gasteiger partial charge is 0.269 e. The monoisotopic (exact) mass is 294 g/mol. The van der Waals surface area contributed by atoms with Gasteiger partial charge < -0.3 is 11.1 Å². The highest BCUT2D eigenvalue weighted by molar-refractivity contribution is 7.08. The number of hydrogen-bond donors (Lipinski definition) is 2. The number of anilines is 2. The lowest BCUT2D eigenvalue weighted by molar-refractivity contribution is 0.102. The number of nitrogens with two attached hydrogens (primary N) is 1. The van der Waals surface area contributed by atoms with Crippen LogP contribution in [0.1, 0.15) is 36.1 Å². The standard InChI is InChI=1S/C13H15FN4OS/c1-13(2,3)11-10(20-18-17-11)12(19)16-9-6-7(15)4-5-8(9)14/h4-6H,15H2,1-3H3,(H,16,19). The Morgan fingerprint density at radius 1 is 1.40 bits per heavy atom. The highest BCUT2D eigenvalue weighted by atomic mass is 32.1. The zero-order valence-corrected chi connectivity index (χ0v) is 12.2. The molecule has 2 rings (SSSR count). The van der Waals surface area contributed by atoms with Crippen molar-refractivity contribution in [2.75, 3.05) is 11.1 Å². The van der Waals surface area contributed by atoms with Gasteiger partial charge in [-0.2, -0.15) is 0 Å². The summed E-state index contributed by atoms with van der Waals surface area (Å²) in [5.74, 6) is -0.975. The first-order valence-electron chi connectivity index (χ1n) is 5.98. The van der Waals surface area contributed by atoms with E-state index in [0.29, 0.717) is 16.3 Å². The van der Waals surface area contributed by atoms with Crippen molar-refractivity contribution < 1.29 is 9.18 Å². The Labute approximate surface area is 120 Å². The SMILES string of the molecule is CC(C)(C)c1nnsc1C(=O)Nc1cc(N)ccc1F. The van der Waals surface area contributed by atoms with Crippen LogP contribution >= 0.6 is 11.5 Å². The molecule has 1 aromatic heterocycles. The minimum Gasteiger partial charge on any atom is -0.399 e. The molecule has 20 heavy (non-hydrogen) atoms. The van der Waals surface area contributed by atoms with Gasteiger partial charge in [0.1, 0.15) is 10.7 Å². The summed E-state index contributed by atoms with van der Waals surface area (Å²) in [6.45, 7) is 5.80. The fourth-order valence-electron chi connectivity index (χ4n) is 1.65. The van der Waals surface area contributed by atoms with E-state index in [0.717, 1.165) is 11.5 Å². The summed E-state index contributed by atoms with van der Waals surface area (Å²) < 4.78 is 17.4. The molecule has 0 aliphatic carbocycles. The molecule has 0 fully saturated rings. The normalized spacial score (nSPS) is 11.4. The van der Waals surface area contributed by atoms with E-state index in [1.54, 1.807) is 0 Å². The summed E-state index contributed by atoms with van der Waals surface area (Å²) >= 11 is 0.987. The lowest BCUT2D eigenvalue weighted by Gasteiger charge is -2.16. The third-order valence-electron chi connectivity index (χ3n) is 2.64. The molecule has 1 aromatic carbocycles. The number of aromatic nitrogens is 2. The molecule has 0 unspecified atom stereocenters. The van der Waals surface area contributed by atoms with Gasteiger partial charge in [0.15, 0.2) is 0 Å². The molecule has 7 heteroatoms. The number of carbonyl (C=O) groups excluding carboxylic acids is 1. The van der Waals surface area contributed by atoms with E-state index < -0.39 is 11.7 Å². The summed E-state index contributed by atoms with van der Waals surface area (Å²) in [6, 6.07) is 4.01. The van der Waals surface area contributed by atoms with Crippen molar-refractivity contribution in [2.24, 2.45) is 0 Å². The maximum atomic E-state index is 13.6. The van der Waals surface area contributed by atoms with Crippen LogP contribution in [0.2, 0.25) is 0 Å². The Kier molecular flexibility index (Phi) is 3.71. The molecule has 0 atom stereocenters. The first kappa shape index (κ1) is 14.4. The second kappa shape index (κ2) is 5.16. The molecule has 106 valence electrons. The molecule has 0 radical (unpaired) electrons. The van der Waals surface area contributed by atoms with Crippen LogP contribution in [-0.2, 0) is 5.41 Å². The molecule has 5 nitrogen and oxygen atoms in total. The number of benzene rings is 1. The maximum absolute atomic E-state index is 13.6. The second-order valence-corrected chi connectivity index (χ2v) is 6.15. The van der Waals surface area contributed by atoms with Gasteiger partial charge >= 0.3 is 0 Å². The molecular formula is C13H15FN4OS. The number of amides is 1. The number of halogens is 1. The van der Waals surface area contributed by atoms with Crippen molar-refractivity contribution in [1.82, 2.24) is 9.59 Å². The van der Waals surface area contributed by atoms with Crippen molar-refractivity contribution in [3.63, 3.8) is 0 Å². The Morgan fingerprint density at radius 2 is 2.10 bits per heavy atom. The van der Waals surface area contributed by atoms with Crippen LogP contribution < -0.4 is 11.1 Å². The lowest BCUT2D eigenvalue weighted by Crippen LogP contribution is -2.20. The third kappa shape index (κ3) is 2.93. The van der Waals surface area contributed by atoms with Gasteiger partial charge in [-0.1, -0.05) is 25.3 Å². The van der Waals surface area contributed by atoms with Crippen molar-refractivity contribution >= 4 is 28.8 Å². The molecule has 0 saturated carbocycles. The molecule has 0 bridgehead atoms. The zero-order chi connectivity index (χ0) is 14.9. The molecule has 3 N–H and O–H groups in total. The average molecular weight is 294 g/mol. The summed E-state index contributed by atoms with van der Waals surface area (Å²) in [5, 5.41) is 6.48. The van der Waals surface area contributed by atoms with Gasteiger partial charge in [-0.05, 0) is 29.7 Å². The van der Waals surface area contributed by atoms with Gasteiger partial charge in [0.25, 0.3) is 5.91 Å². The van der Waals surface area contributed by atoms with Crippen LogP contribution in [0.3, 0.4) is 0 Å². The van der Waals surface area contributed by atoms with Crippen LogP contribution in [0.5, 0.6) is 0 Å². The molecule has 0 aliphatic heterocycles. The topological polar surface area (TPSA) is 80.9 Å². The van der Waals surface area contributed by atoms with Crippen LogP contribution in [0.15, 0.2) is 18.2 Å². The number of nitrogens with zero attached hydrogens (tertiary/aromatic N) is 2. The largest absolute Gasteiger partial charge is 0.399 e. The Morgan fingerprint density at radius 3 is 2.75 bits per heavy atom. The van der Waals surface area contributed by atoms with Gasteiger partial charge in [0.2, 0.25) is 0 Å². The fourth-order valence-corrected chi connectivity index (χ4v) is 2.42. The van der Waals surface area contributed by atoms with E-state index in [2.05, 4.69) is 14.9 Å². The van der Waals surface area contributed by atoms with Crippen LogP contribution in [0.4, 0.5) is 15.8 Å². The molecule has 0 spiro atoms. The highest BCUT2D eigenvalue weighted by Crippen LogP contribution is 2.27. The Bertz CT molecular complexity index is 648. The van der Waals surface area contributed by atoms with Crippen molar-refractivity contribution in [2.45, 2.75) is 26.2 Å². The minimum absolute atomic E-state index is 0.0447. The van der Waals surface area contributed by atoms with Crippen molar-refractivity contribution in [1.29, 1.82) is 0 Å². The van der Waals surface area contributed by atoms with Gasteiger partial charge in [-0.15, -0.1) is 5.10 Å². The Balaban J connectivity index is 2.30. The number of hydrogen-bond acceptors (Lipinski definition) is 5. The average Bonchev–Trinajstić information content (AvgIpc) is 2.82. The summed E-state index contributed by atoms with van der Waals surface area (Å²) in [5.41, 5.74) is 6.28. The van der Waals surface area contributed by atoms with Gasteiger partial charge in [0.05, 0.1) is 11.4 Å². The van der Waals surface area contributed by atoms with Crippen molar-refractivity contribution in [3.8, 4) is 0 Å². The van der Waals surface area contributed by atoms with E-state index in [9.17, 15) is 9.18 Å². The van der Waals surface area contributed by atoms with E-state index in [1.165, 1.54) is 18.2 Å². The zero-order valence-electron chi connectivity index (χ0n) is 11.4. The number of carbonyl (C=O) groups is 1. The predicted octanol–water partition coefficient (Wildman–Crippen LogP) is 2.81. The highest BCUT2D eigenvalue weighted by Gasteiger charge is 2.26. The minimum atomic E-state index is -0.540. The molecule has 1 amide bonds. The number of rotatable bonds is 2. The van der Waals surface area contributed by atoms with E-state index in [1.807, 2.05) is 20.8 Å². The lowest BCUT2D eigenvalue weighted by atomic mass is 9.91. The first-order valence-corrected chi connectivity index (χ1v) is 6.75. The third-order valence-corrected chi connectivity index (χ3v) is 3.37. The van der Waals surface area contributed by atoms with E-state index in [-0.39, 0.29) is 11.1 Å². The summed E-state index contributed by atoms with van der Waals surface area (Å²) in [4.78, 5) is 12.6. The first-order chi connectivity index (χ1) is 9.29. The van der Waals surface area contributed by atoms with E-state index >= 15 is 0 Å². The second-order valence-electron chi connectivity index (χ2n) is 5.39. The number of nitrogens with one attached hydrogen (secondary N) is 1. The summed E-state index contributed by atoms with van der Waals surface area (Å²) in [6.07, 6.45) is 0. The van der Waals surface area contributed by atoms with Gasteiger partial charge in [-0.25, -0.2) is 4.39 Å².